The first-order valence-corrected chi connectivity index (χ1v) is 8.20. The molecule has 0 N–H and O–H groups in total. The normalized spacial score (nSPS) is 10.6. The van der Waals surface area contributed by atoms with E-state index in [9.17, 15) is 0 Å². The number of aromatic nitrogens is 1. The van der Waals surface area contributed by atoms with E-state index in [0.29, 0.717) is 0 Å². The fourth-order valence-corrected chi connectivity index (χ4v) is 3.31. The Morgan fingerprint density at radius 1 is 0.826 bits per heavy atom. The summed E-state index contributed by atoms with van der Waals surface area (Å²) < 4.78 is 10.7. The van der Waals surface area contributed by atoms with Crippen LogP contribution in [0.2, 0.25) is 0 Å². The molecule has 4 heteroatoms. The van der Waals surface area contributed by atoms with E-state index in [-0.39, 0.29) is 0 Å². The molecule has 0 atom stereocenters. The number of nitrogens with zero attached hydrogens (tertiary/aromatic N) is 1. The summed E-state index contributed by atoms with van der Waals surface area (Å²) in [6.45, 7) is 4.25. The van der Waals surface area contributed by atoms with Crippen molar-refractivity contribution >= 4 is 11.3 Å². The lowest BCUT2D eigenvalue weighted by molar-refractivity contribution is 0.355. The first kappa shape index (κ1) is 15.6. The van der Waals surface area contributed by atoms with Crippen molar-refractivity contribution in [2.45, 2.75) is 13.8 Å². The van der Waals surface area contributed by atoms with Crippen molar-refractivity contribution in [3.63, 3.8) is 0 Å². The number of hydrogen-bond donors (Lipinski definition) is 0. The zero-order chi connectivity index (χ0) is 16.4. The van der Waals surface area contributed by atoms with Crippen LogP contribution in [0.1, 0.15) is 11.1 Å². The summed E-state index contributed by atoms with van der Waals surface area (Å²) >= 11 is 1.68. The topological polar surface area (TPSA) is 31.4 Å². The van der Waals surface area contributed by atoms with Gasteiger partial charge in [0.05, 0.1) is 19.1 Å². The van der Waals surface area contributed by atoms with Gasteiger partial charge in [-0.05, 0) is 54.8 Å². The van der Waals surface area contributed by atoms with Gasteiger partial charge in [-0.1, -0.05) is 12.1 Å². The van der Waals surface area contributed by atoms with Gasteiger partial charge in [-0.2, -0.15) is 0 Å². The van der Waals surface area contributed by atoms with E-state index in [1.54, 1.807) is 25.6 Å². The largest absolute Gasteiger partial charge is 0.493 e. The van der Waals surface area contributed by atoms with Gasteiger partial charge >= 0.3 is 0 Å². The van der Waals surface area contributed by atoms with E-state index in [1.165, 1.54) is 11.1 Å². The average molecular weight is 325 g/mol. The molecule has 0 aliphatic carbocycles. The van der Waals surface area contributed by atoms with Crippen LogP contribution in [0.3, 0.4) is 0 Å². The lowest BCUT2D eigenvalue weighted by atomic mass is 10.1. The van der Waals surface area contributed by atoms with Crippen molar-refractivity contribution in [3.05, 3.63) is 53.7 Å². The molecule has 0 fully saturated rings. The molecule has 0 unspecified atom stereocenters. The van der Waals surface area contributed by atoms with Crippen molar-refractivity contribution in [2.75, 3.05) is 14.2 Å². The monoisotopic (exact) mass is 325 g/mol. The Bertz CT molecular complexity index is 839. The van der Waals surface area contributed by atoms with Crippen molar-refractivity contribution < 1.29 is 9.47 Å². The Kier molecular flexibility index (Phi) is 4.35. The fraction of sp³-hybridized carbons (Fsp3) is 0.211. The second kappa shape index (κ2) is 6.42. The molecule has 0 radical (unpaired) electrons. The molecular weight excluding hydrogens is 306 g/mol. The van der Waals surface area contributed by atoms with Gasteiger partial charge in [-0.25, -0.2) is 4.98 Å². The minimum absolute atomic E-state index is 0.728. The SMILES string of the molecule is COc1ccc(-c2cnc(-c3ccc(C)c(C)c3)s2)cc1OC. The predicted octanol–water partition coefficient (Wildman–Crippen LogP) is 5.11. The summed E-state index contributed by atoms with van der Waals surface area (Å²) in [4.78, 5) is 5.69. The third-order valence-corrected chi connectivity index (χ3v) is 5.02. The fourth-order valence-electron chi connectivity index (χ4n) is 2.40. The van der Waals surface area contributed by atoms with E-state index >= 15 is 0 Å². The van der Waals surface area contributed by atoms with Crippen molar-refractivity contribution in [2.24, 2.45) is 0 Å². The van der Waals surface area contributed by atoms with Gasteiger partial charge in [0.2, 0.25) is 0 Å². The quantitative estimate of drug-likeness (QED) is 0.668. The average Bonchev–Trinajstić information content (AvgIpc) is 3.06. The van der Waals surface area contributed by atoms with Gasteiger partial charge in [0.25, 0.3) is 0 Å². The molecule has 3 aromatic rings. The summed E-state index contributed by atoms with van der Waals surface area (Å²) in [5, 5.41) is 1.03. The van der Waals surface area contributed by atoms with Gasteiger partial charge in [-0.3, -0.25) is 0 Å². The molecule has 0 aliphatic heterocycles. The highest BCUT2D eigenvalue weighted by Crippen LogP contribution is 2.37. The van der Waals surface area contributed by atoms with Gasteiger partial charge in [0.15, 0.2) is 11.5 Å². The van der Waals surface area contributed by atoms with Crippen LogP contribution in [-0.4, -0.2) is 19.2 Å². The molecule has 0 aliphatic rings. The number of methoxy groups -OCH3 is 2. The third-order valence-electron chi connectivity index (χ3n) is 3.93. The molecule has 0 saturated carbocycles. The molecule has 0 spiro atoms. The Balaban J connectivity index is 1.97. The molecule has 0 saturated heterocycles. The molecule has 118 valence electrons. The highest BCUT2D eigenvalue weighted by Gasteiger charge is 2.10. The van der Waals surface area contributed by atoms with Crippen molar-refractivity contribution in [3.8, 4) is 32.5 Å². The molecular formula is C19H19NO2S. The first-order chi connectivity index (χ1) is 11.1. The Morgan fingerprint density at radius 3 is 2.26 bits per heavy atom. The summed E-state index contributed by atoms with van der Waals surface area (Å²) in [6.07, 6.45) is 1.91. The van der Waals surface area contributed by atoms with Crippen molar-refractivity contribution in [1.82, 2.24) is 4.98 Å². The lowest BCUT2D eigenvalue weighted by Crippen LogP contribution is -1.90. The number of ether oxygens (including phenoxy) is 2. The zero-order valence-corrected chi connectivity index (χ0v) is 14.5. The van der Waals surface area contributed by atoms with Gasteiger partial charge in [0, 0.05) is 11.8 Å². The van der Waals surface area contributed by atoms with E-state index in [1.807, 2.05) is 24.4 Å². The highest BCUT2D eigenvalue weighted by molar-refractivity contribution is 7.18. The number of rotatable bonds is 4. The predicted molar refractivity (Wildman–Crippen MR) is 95.6 cm³/mol. The second-order valence-corrected chi connectivity index (χ2v) is 6.43. The minimum atomic E-state index is 0.728. The molecule has 1 aromatic heterocycles. The van der Waals surface area contributed by atoms with E-state index in [2.05, 4.69) is 37.0 Å². The van der Waals surface area contributed by atoms with E-state index in [0.717, 1.165) is 32.5 Å². The van der Waals surface area contributed by atoms with Gasteiger partial charge < -0.3 is 9.47 Å². The van der Waals surface area contributed by atoms with Crippen LogP contribution < -0.4 is 9.47 Å². The smallest absolute Gasteiger partial charge is 0.161 e. The maximum Gasteiger partial charge on any atom is 0.161 e. The summed E-state index contributed by atoms with van der Waals surface area (Å²) in [5.41, 5.74) is 4.82. The minimum Gasteiger partial charge on any atom is -0.493 e. The standard InChI is InChI=1S/C19H19NO2S/c1-12-5-6-15(9-13(12)2)19-20-11-18(23-19)14-7-8-16(21-3)17(10-14)22-4/h5-11H,1-4H3. The molecule has 1 heterocycles. The highest BCUT2D eigenvalue weighted by atomic mass is 32.1. The van der Waals surface area contributed by atoms with Crippen LogP contribution in [-0.2, 0) is 0 Å². The zero-order valence-electron chi connectivity index (χ0n) is 13.7. The molecule has 23 heavy (non-hydrogen) atoms. The Hall–Kier alpha value is -2.33. The van der Waals surface area contributed by atoms with Crippen LogP contribution in [0.4, 0.5) is 0 Å². The second-order valence-electron chi connectivity index (χ2n) is 5.40. The molecule has 0 bridgehead atoms. The Morgan fingerprint density at radius 2 is 1.57 bits per heavy atom. The number of thiazole rings is 1. The van der Waals surface area contributed by atoms with Crippen LogP contribution >= 0.6 is 11.3 Å². The number of aryl methyl sites for hydroxylation is 2. The van der Waals surface area contributed by atoms with E-state index < -0.39 is 0 Å². The summed E-state index contributed by atoms with van der Waals surface area (Å²) in [7, 11) is 3.29. The first-order valence-electron chi connectivity index (χ1n) is 7.38. The molecule has 0 amide bonds. The Labute approximate surface area is 140 Å². The summed E-state index contributed by atoms with van der Waals surface area (Å²) in [5.74, 6) is 1.46. The molecule has 3 nitrogen and oxygen atoms in total. The maximum absolute atomic E-state index is 5.38. The molecule has 2 aromatic carbocycles. The van der Waals surface area contributed by atoms with Crippen LogP contribution in [0.5, 0.6) is 11.5 Å². The maximum atomic E-state index is 5.38. The number of benzene rings is 2. The van der Waals surface area contributed by atoms with E-state index in [4.69, 9.17) is 9.47 Å². The summed E-state index contributed by atoms with van der Waals surface area (Å²) in [6, 6.07) is 12.4. The van der Waals surface area contributed by atoms with Gasteiger partial charge in [0.1, 0.15) is 5.01 Å². The number of hydrogen-bond acceptors (Lipinski definition) is 4. The van der Waals surface area contributed by atoms with Crippen molar-refractivity contribution in [1.29, 1.82) is 0 Å². The van der Waals surface area contributed by atoms with Crippen LogP contribution in [0, 0.1) is 13.8 Å². The van der Waals surface area contributed by atoms with Crippen LogP contribution in [0.25, 0.3) is 21.0 Å². The van der Waals surface area contributed by atoms with Crippen LogP contribution in [0.15, 0.2) is 42.6 Å². The van der Waals surface area contributed by atoms with Gasteiger partial charge in [-0.15, -0.1) is 11.3 Å². The lowest BCUT2D eigenvalue weighted by Gasteiger charge is -2.08. The third kappa shape index (κ3) is 3.08. The molecule has 3 rings (SSSR count).